The first kappa shape index (κ1) is 21.1. The number of carbonyl (C=O) groups excluding carboxylic acids is 2. The second-order valence-corrected chi connectivity index (χ2v) is 7.44. The van der Waals surface area contributed by atoms with Crippen molar-refractivity contribution in [1.82, 2.24) is 5.32 Å². The zero-order chi connectivity index (χ0) is 22.3. The molecule has 0 aliphatic heterocycles. The average Bonchev–Trinajstić information content (AvgIpc) is 3.39. The third kappa shape index (κ3) is 4.62. The highest BCUT2D eigenvalue weighted by Gasteiger charge is 2.22. The molecule has 0 saturated heterocycles. The van der Waals surface area contributed by atoms with Gasteiger partial charge >= 0.3 is 0 Å². The predicted octanol–water partition coefficient (Wildman–Crippen LogP) is 5.12. The van der Waals surface area contributed by atoms with Crippen LogP contribution in [0, 0.1) is 0 Å². The molecule has 0 radical (unpaired) electrons. The minimum atomic E-state index is -0.318. The molecule has 5 heteroatoms. The van der Waals surface area contributed by atoms with Crippen molar-refractivity contribution in [2.24, 2.45) is 0 Å². The second kappa shape index (κ2) is 9.79. The number of rotatable bonds is 7. The lowest BCUT2D eigenvalue weighted by Crippen LogP contribution is -2.32. The first-order chi connectivity index (χ1) is 15.6. The molecule has 0 aliphatic rings. The Balaban J connectivity index is 1.55. The Hall–Kier alpha value is -4.12. The van der Waals surface area contributed by atoms with E-state index in [2.05, 4.69) is 29.6 Å². The van der Waals surface area contributed by atoms with Crippen LogP contribution in [0.1, 0.15) is 38.0 Å². The van der Waals surface area contributed by atoms with Crippen molar-refractivity contribution in [1.29, 1.82) is 0 Å². The van der Waals surface area contributed by atoms with Gasteiger partial charge in [-0.15, -0.1) is 0 Å². The summed E-state index contributed by atoms with van der Waals surface area (Å²) in [5.41, 5.74) is 3.19. The number of carbonyl (C=O) groups is 2. The van der Waals surface area contributed by atoms with Crippen molar-refractivity contribution in [3.63, 3.8) is 0 Å². The normalized spacial score (nSPS) is 10.7. The van der Waals surface area contributed by atoms with Gasteiger partial charge < -0.3 is 14.6 Å². The molecule has 0 atom stereocenters. The summed E-state index contributed by atoms with van der Waals surface area (Å²) in [7, 11) is 1.63. The maximum absolute atomic E-state index is 13.2. The quantitative estimate of drug-likeness (QED) is 0.448. The van der Waals surface area contributed by atoms with E-state index in [0.717, 1.165) is 11.1 Å². The summed E-state index contributed by atoms with van der Waals surface area (Å²) >= 11 is 0. The molecule has 160 valence electrons. The van der Waals surface area contributed by atoms with Gasteiger partial charge in [-0.1, -0.05) is 72.8 Å². The summed E-state index contributed by atoms with van der Waals surface area (Å²) in [6, 6.07) is 30.5. The average molecular weight is 425 g/mol. The standard InChI is InChI=1S/C27H24N2O3/c1-29(27(31)25-17-10-18-32-25)24-16-9-8-15-22(24)26(30)28-19-23(20-11-4-2-5-12-20)21-13-6-3-7-14-21/h2-18,23H,19H2,1H3,(H,28,30). The predicted molar refractivity (Wildman–Crippen MR) is 125 cm³/mol. The van der Waals surface area contributed by atoms with Crippen LogP contribution in [0.25, 0.3) is 0 Å². The maximum Gasteiger partial charge on any atom is 0.293 e. The monoisotopic (exact) mass is 424 g/mol. The van der Waals surface area contributed by atoms with E-state index >= 15 is 0 Å². The molecule has 0 aliphatic carbocycles. The van der Waals surface area contributed by atoms with Crippen LogP contribution in [0.5, 0.6) is 0 Å². The molecule has 0 spiro atoms. The molecule has 1 N–H and O–H groups in total. The fraction of sp³-hybridized carbons (Fsp3) is 0.111. The third-order valence-corrected chi connectivity index (χ3v) is 5.42. The van der Waals surface area contributed by atoms with Gasteiger partial charge in [0.2, 0.25) is 0 Å². The first-order valence-electron chi connectivity index (χ1n) is 10.4. The van der Waals surface area contributed by atoms with E-state index in [1.165, 1.54) is 11.2 Å². The Morgan fingerprint density at radius 2 is 1.41 bits per heavy atom. The van der Waals surface area contributed by atoms with Crippen LogP contribution in [0.2, 0.25) is 0 Å². The number of hydrogen-bond donors (Lipinski definition) is 1. The van der Waals surface area contributed by atoms with Crippen LogP contribution in [0.3, 0.4) is 0 Å². The first-order valence-corrected chi connectivity index (χ1v) is 10.4. The van der Waals surface area contributed by atoms with Crippen molar-refractivity contribution < 1.29 is 14.0 Å². The van der Waals surface area contributed by atoms with Crippen LogP contribution < -0.4 is 10.2 Å². The zero-order valence-electron chi connectivity index (χ0n) is 17.8. The minimum absolute atomic E-state index is 0.0102. The molecule has 0 saturated carbocycles. The van der Waals surface area contributed by atoms with Crippen molar-refractivity contribution in [2.75, 3.05) is 18.5 Å². The summed E-state index contributed by atoms with van der Waals surface area (Å²) < 4.78 is 5.22. The Kier molecular flexibility index (Phi) is 6.46. The highest BCUT2D eigenvalue weighted by atomic mass is 16.3. The third-order valence-electron chi connectivity index (χ3n) is 5.42. The molecule has 3 aromatic carbocycles. The molecule has 1 aromatic heterocycles. The molecule has 1 heterocycles. The lowest BCUT2D eigenvalue weighted by molar-refractivity contribution is 0.0952. The Labute approximate surface area is 187 Å². The molecule has 0 bridgehead atoms. The van der Waals surface area contributed by atoms with Gasteiger partial charge in [0.25, 0.3) is 11.8 Å². The number of nitrogens with one attached hydrogen (secondary N) is 1. The van der Waals surface area contributed by atoms with Crippen LogP contribution in [0.4, 0.5) is 5.69 Å². The van der Waals surface area contributed by atoms with Gasteiger partial charge in [-0.05, 0) is 35.4 Å². The van der Waals surface area contributed by atoms with E-state index in [1.54, 1.807) is 43.4 Å². The highest BCUT2D eigenvalue weighted by molar-refractivity contribution is 6.09. The largest absolute Gasteiger partial charge is 0.459 e. The van der Waals surface area contributed by atoms with Crippen molar-refractivity contribution in [3.05, 3.63) is 126 Å². The van der Waals surface area contributed by atoms with Gasteiger partial charge in [0, 0.05) is 19.5 Å². The van der Waals surface area contributed by atoms with Crippen molar-refractivity contribution >= 4 is 17.5 Å². The van der Waals surface area contributed by atoms with Gasteiger partial charge in [-0.3, -0.25) is 9.59 Å². The highest BCUT2D eigenvalue weighted by Crippen LogP contribution is 2.25. The Bertz CT molecular complexity index is 1130. The lowest BCUT2D eigenvalue weighted by atomic mass is 9.91. The molecule has 4 rings (SSSR count). The van der Waals surface area contributed by atoms with Crippen LogP contribution >= 0.6 is 0 Å². The lowest BCUT2D eigenvalue weighted by Gasteiger charge is -2.21. The summed E-state index contributed by atoms with van der Waals surface area (Å²) in [5, 5.41) is 3.06. The van der Waals surface area contributed by atoms with Gasteiger partial charge in [-0.2, -0.15) is 0 Å². The van der Waals surface area contributed by atoms with Gasteiger partial charge in [0.05, 0.1) is 17.5 Å². The van der Waals surface area contributed by atoms with Crippen LogP contribution in [-0.2, 0) is 0 Å². The van der Waals surface area contributed by atoms with E-state index in [4.69, 9.17) is 4.42 Å². The Morgan fingerprint density at radius 1 is 0.812 bits per heavy atom. The maximum atomic E-state index is 13.2. The van der Waals surface area contributed by atoms with Gasteiger partial charge in [-0.25, -0.2) is 0 Å². The van der Waals surface area contributed by atoms with E-state index < -0.39 is 0 Å². The van der Waals surface area contributed by atoms with Crippen LogP contribution in [0.15, 0.2) is 108 Å². The molecular formula is C27H24N2O3. The Morgan fingerprint density at radius 3 is 2.00 bits per heavy atom. The fourth-order valence-electron chi connectivity index (χ4n) is 3.72. The van der Waals surface area contributed by atoms with E-state index in [9.17, 15) is 9.59 Å². The number of nitrogens with zero attached hydrogens (tertiary/aromatic N) is 1. The minimum Gasteiger partial charge on any atom is -0.459 e. The number of furan rings is 1. The smallest absolute Gasteiger partial charge is 0.293 e. The topological polar surface area (TPSA) is 62.6 Å². The van der Waals surface area contributed by atoms with Gasteiger partial charge in [0.15, 0.2) is 5.76 Å². The summed E-state index contributed by atoms with van der Waals surface area (Å²) in [4.78, 5) is 27.3. The number of benzene rings is 3. The fourth-order valence-corrected chi connectivity index (χ4v) is 3.72. The summed E-state index contributed by atoms with van der Waals surface area (Å²) in [5.74, 6) is -0.329. The molecular weight excluding hydrogens is 400 g/mol. The summed E-state index contributed by atoms with van der Waals surface area (Å²) in [6.45, 7) is 0.428. The molecule has 32 heavy (non-hydrogen) atoms. The molecule has 0 unspecified atom stereocenters. The van der Waals surface area contributed by atoms with Crippen molar-refractivity contribution in [2.45, 2.75) is 5.92 Å². The zero-order valence-corrected chi connectivity index (χ0v) is 17.8. The number of hydrogen-bond acceptors (Lipinski definition) is 3. The molecule has 4 aromatic rings. The van der Waals surface area contributed by atoms with E-state index in [0.29, 0.717) is 17.8 Å². The SMILES string of the molecule is CN(C(=O)c1ccco1)c1ccccc1C(=O)NCC(c1ccccc1)c1ccccc1. The van der Waals surface area contributed by atoms with E-state index in [-0.39, 0.29) is 23.5 Å². The molecule has 2 amide bonds. The second-order valence-electron chi connectivity index (χ2n) is 7.44. The summed E-state index contributed by atoms with van der Waals surface area (Å²) in [6.07, 6.45) is 1.45. The number of amides is 2. The van der Waals surface area contributed by atoms with Crippen molar-refractivity contribution in [3.8, 4) is 0 Å². The number of para-hydroxylation sites is 1. The van der Waals surface area contributed by atoms with E-state index in [1.807, 2.05) is 36.4 Å². The molecule has 5 nitrogen and oxygen atoms in total. The number of anilines is 1. The molecule has 0 fully saturated rings. The van der Waals surface area contributed by atoms with Gasteiger partial charge in [0.1, 0.15) is 0 Å². The van der Waals surface area contributed by atoms with Crippen LogP contribution in [-0.4, -0.2) is 25.4 Å².